The van der Waals surface area contributed by atoms with Gasteiger partial charge in [-0.2, -0.15) is 5.10 Å². The van der Waals surface area contributed by atoms with Crippen LogP contribution in [0.15, 0.2) is 91.5 Å². The first kappa shape index (κ1) is 25.2. The fourth-order valence-corrected chi connectivity index (χ4v) is 5.53. The van der Waals surface area contributed by atoms with E-state index in [2.05, 4.69) is 87.7 Å². The van der Waals surface area contributed by atoms with E-state index in [-0.39, 0.29) is 0 Å². The van der Waals surface area contributed by atoms with E-state index in [1.54, 1.807) is 7.11 Å². The molecule has 2 aromatic carbocycles. The zero-order valence-corrected chi connectivity index (χ0v) is 21.9. The lowest BCUT2D eigenvalue weighted by Crippen LogP contribution is -2.44. The van der Waals surface area contributed by atoms with Gasteiger partial charge < -0.3 is 4.74 Å². The van der Waals surface area contributed by atoms with E-state index < -0.39 is 0 Å². The second kappa shape index (κ2) is 12.2. The number of rotatable bonds is 10. The number of ether oxygens (including phenoxy) is 1. The number of piperidine rings is 1. The fraction of sp³-hybridized carbons (Fsp3) is 0.355. The van der Waals surface area contributed by atoms with E-state index in [9.17, 15) is 0 Å². The molecule has 0 radical (unpaired) electrons. The first-order valence-electron chi connectivity index (χ1n) is 13.2. The van der Waals surface area contributed by atoms with Gasteiger partial charge in [-0.15, -0.1) is 0 Å². The van der Waals surface area contributed by atoms with Gasteiger partial charge in [0, 0.05) is 43.3 Å². The van der Waals surface area contributed by atoms with Crippen molar-refractivity contribution in [2.24, 2.45) is 5.92 Å². The highest BCUT2D eigenvalue weighted by Crippen LogP contribution is 2.29. The highest BCUT2D eigenvalue weighted by atomic mass is 16.5. The quantitative estimate of drug-likeness (QED) is 0.301. The molecule has 1 aliphatic heterocycles. The van der Waals surface area contributed by atoms with E-state index in [0.29, 0.717) is 12.0 Å². The van der Waals surface area contributed by atoms with E-state index in [0.717, 1.165) is 44.0 Å². The number of likely N-dealkylation sites (N-methyl/N-ethyl adjacent to an activating group) is 1. The zero-order chi connectivity index (χ0) is 25.5. The van der Waals surface area contributed by atoms with Crippen LogP contribution in [-0.4, -0.2) is 57.9 Å². The smallest absolute Gasteiger partial charge is 0.119 e. The van der Waals surface area contributed by atoms with Crippen LogP contribution < -0.4 is 4.74 Å². The molecule has 37 heavy (non-hydrogen) atoms. The number of pyridine rings is 1. The molecule has 1 atom stereocenters. The van der Waals surface area contributed by atoms with E-state index in [1.807, 2.05) is 35.4 Å². The molecule has 6 nitrogen and oxygen atoms in total. The lowest BCUT2D eigenvalue weighted by Gasteiger charge is -2.40. The van der Waals surface area contributed by atoms with Crippen molar-refractivity contribution >= 4 is 0 Å². The van der Waals surface area contributed by atoms with Gasteiger partial charge in [-0.3, -0.25) is 14.8 Å². The van der Waals surface area contributed by atoms with Crippen LogP contribution in [0.1, 0.15) is 29.5 Å². The number of para-hydroxylation sites is 1. The third-order valence-corrected chi connectivity index (χ3v) is 7.57. The first-order chi connectivity index (χ1) is 18.2. The number of nitrogens with zero attached hydrogens (tertiary/aromatic N) is 5. The molecule has 1 fully saturated rings. The largest absolute Gasteiger partial charge is 0.497 e. The lowest BCUT2D eigenvalue weighted by molar-refractivity contribution is 0.0954. The second-order valence-corrected chi connectivity index (χ2v) is 10.1. The van der Waals surface area contributed by atoms with Crippen LogP contribution >= 0.6 is 0 Å². The Morgan fingerprint density at radius 1 is 0.946 bits per heavy atom. The number of methoxy groups -OCH3 is 1. The average Bonchev–Trinajstić information content (AvgIpc) is 3.42. The first-order valence-corrected chi connectivity index (χ1v) is 13.2. The monoisotopic (exact) mass is 495 g/mol. The molecule has 0 spiro atoms. The van der Waals surface area contributed by atoms with Crippen molar-refractivity contribution in [1.82, 2.24) is 24.6 Å². The van der Waals surface area contributed by atoms with Crippen LogP contribution in [0.5, 0.6) is 5.75 Å². The Bertz CT molecular complexity index is 1230. The molecule has 0 aliphatic carbocycles. The van der Waals surface area contributed by atoms with Gasteiger partial charge in [-0.1, -0.05) is 30.3 Å². The van der Waals surface area contributed by atoms with Gasteiger partial charge in [0.2, 0.25) is 0 Å². The van der Waals surface area contributed by atoms with E-state index in [4.69, 9.17) is 4.74 Å². The highest BCUT2D eigenvalue weighted by Gasteiger charge is 2.30. The van der Waals surface area contributed by atoms with Crippen molar-refractivity contribution in [2.75, 3.05) is 27.2 Å². The molecule has 1 saturated heterocycles. The summed E-state index contributed by atoms with van der Waals surface area (Å²) in [7, 11) is 4.01. The molecule has 0 saturated carbocycles. The van der Waals surface area contributed by atoms with Gasteiger partial charge in [0.25, 0.3) is 0 Å². The van der Waals surface area contributed by atoms with Gasteiger partial charge in [0.1, 0.15) is 5.75 Å². The number of hydrogen-bond acceptors (Lipinski definition) is 5. The number of aromatic nitrogens is 3. The molecule has 1 aliphatic rings. The van der Waals surface area contributed by atoms with Crippen LogP contribution in [0.3, 0.4) is 0 Å². The summed E-state index contributed by atoms with van der Waals surface area (Å²) < 4.78 is 7.48. The molecule has 4 aromatic rings. The maximum atomic E-state index is 5.50. The molecule has 0 bridgehead atoms. The molecular weight excluding hydrogens is 458 g/mol. The summed E-state index contributed by atoms with van der Waals surface area (Å²) in [6, 6.07) is 23.6. The molecule has 192 valence electrons. The molecule has 2 aromatic heterocycles. The summed E-state index contributed by atoms with van der Waals surface area (Å²) in [5.74, 6) is 1.57. The standard InChI is InChI=1S/C31H37N5O/c1-34(22-25-11-15-32-16-12-25)31(20-26-7-6-10-30(19-26)37-2)28-13-17-35(18-14-28)23-27-21-33-36(24-27)29-8-4-3-5-9-29/h3-12,15-16,19,21,24,28,31H,13-14,17-18,20,22-23H2,1-2H3. The van der Waals surface area contributed by atoms with Gasteiger partial charge in [0.15, 0.2) is 0 Å². The Hall–Kier alpha value is -3.48. The van der Waals surface area contributed by atoms with Gasteiger partial charge in [0.05, 0.1) is 19.0 Å². The summed E-state index contributed by atoms with van der Waals surface area (Å²) in [4.78, 5) is 9.31. The van der Waals surface area contributed by atoms with Crippen LogP contribution in [-0.2, 0) is 19.5 Å². The minimum Gasteiger partial charge on any atom is -0.497 e. The van der Waals surface area contributed by atoms with E-state index in [1.165, 1.54) is 29.5 Å². The number of likely N-dealkylation sites (tertiary alicyclic amines) is 1. The Morgan fingerprint density at radius 2 is 1.73 bits per heavy atom. The van der Waals surface area contributed by atoms with Crippen LogP contribution in [0, 0.1) is 5.92 Å². The minimum atomic E-state index is 0.461. The van der Waals surface area contributed by atoms with Crippen LogP contribution in [0.2, 0.25) is 0 Å². The SMILES string of the molecule is COc1cccc(CC(C2CCN(Cc3cnn(-c4ccccc4)c3)CC2)N(C)Cc2ccncc2)c1. The summed E-state index contributed by atoms with van der Waals surface area (Å²) in [6.07, 6.45) is 11.4. The normalized spacial score (nSPS) is 15.6. The van der Waals surface area contributed by atoms with Crippen molar-refractivity contribution in [3.05, 3.63) is 108 Å². The summed E-state index contributed by atoms with van der Waals surface area (Å²) in [6.45, 7) is 4.10. The Balaban J connectivity index is 1.24. The molecule has 5 rings (SSSR count). The maximum Gasteiger partial charge on any atom is 0.119 e. The van der Waals surface area contributed by atoms with Crippen molar-refractivity contribution in [3.8, 4) is 11.4 Å². The third kappa shape index (κ3) is 6.64. The number of hydrogen-bond donors (Lipinski definition) is 0. The Kier molecular flexibility index (Phi) is 8.28. The maximum absolute atomic E-state index is 5.50. The van der Waals surface area contributed by atoms with Crippen molar-refractivity contribution < 1.29 is 4.74 Å². The molecule has 6 heteroatoms. The predicted octanol–water partition coefficient (Wildman–Crippen LogP) is 5.23. The fourth-order valence-electron chi connectivity index (χ4n) is 5.53. The van der Waals surface area contributed by atoms with Crippen molar-refractivity contribution in [2.45, 2.75) is 38.4 Å². The molecule has 0 amide bonds. The Labute approximate surface area is 220 Å². The highest BCUT2D eigenvalue weighted by molar-refractivity contribution is 5.31. The molecule has 0 N–H and O–H groups in total. The Morgan fingerprint density at radius 3 is 2.49 bits per heavy atom. The van der Waals surface area contributed by atoms with Crippen LogP contribution in [0.4, 0.5) is 0 Å². The minimum absolute atomic E-state index is 0.461. The predicted molar refractivity (Wildman–Crippen MR) is 148 cm³/mol. The van der Waals surface area contributed by atoms with Crippen molar-refractivity contribution in [1.29, 1.82) is 0 Å². The third-order valence-electron chi connectivity index (χ3n) is 7.57. The number of benzene rings is 2. The van der Waals surface area contributed by atoms with Gasteiger partial charge >= 0.3 is 0 Å². The van der Waals surface area contributed by atoms with Crippen LogP contribution in [0.25, 0.3) is 5.69 Å². The summed E-state index contributed by atoms with van der Waals surface area (Å²) >= 11 is 0. The second-order valence-electron chi connectivity index (χ2n) is 10.1. The molecular formula is C31H37N5O. The van der Waals surface area contributed by atoms with E-state index >= 15 is 0 Å². The topological polar surface area (TPSA) is 46.4 Å². The van der Waals surface area contributed by atoms with Gasteiger partial charge in [-0.05, 0) is 92.8 Å². The lowest BCUT2D eigenvalue weighted by atomic mass is 9.84. The average molecular weight is 496 g/mol. The van der Waals surface area contributed by atoms with Gasteiger partial charge in [-0.25, -0.2) is 4.68 Å². The summed E-state index contributed by atoms with van der Waals surface area (Å²) in [5, 5.41) is 4.59. The zero-order valence-electron chi connectivity index (χ0n) is 21.9. The van der Waals surface area contributed by atoms with Crippen molar-refractivity contribution in [3.63, 3.8) is 0 Å². The molecule has 3 heterocycles. The molecule has 1 unspecified atom stereocenters. The summed E-state index contributed by atoms with van der Waals surface area (Å²) in [5.41, 5.74) is 5.01.